The second-order valence-electron chi connectivity index (χ2n) is 4.38. The van der Waals surface area contributed by atoms with Gasteiger partial charge in [-0.3, -0.25) is 4.79 Å². The first-order chi connectivity index (χ1) is 7.61. The standard InChI is InChI=1S/C12H9FN2O/c1-15-10-3-2-8(13)4-9(10)12(11(15)16)5-7(12)6-14/h2-4,7H,5H2,1H3. The molecule has 1 heterocycles. The fraction of sp³-hybridized carbons (Fsp3) is 0.333. The molecule has 0 radical (unpaired) electrons. The van der Waals surface area contributed by atoms with Gasteiger partial charge in [-0.15, -0.1) is 0 Å². The lowest BCUT2D eigenvalue weighted by Gasteiger charge is -2.09. The Bertz CT molecular complexity index is 548. The van der Waals surface area contributed by atoms with Gasteiger partial charge < -0.3 is 4.90 Å². The maximum absolute atomic E-state index is 13.2. The van der Waals surface area contributed by atoms with E-state index in [4.69, 9.17) is 5.26 Å². The molecular weight excluding hydrogens is 207 g/mol. The second-order valence-corrected chi connectivity index (χ2v) is 4.38. The zero-order chi connectivity index (χ0) is 11.5. The number of nitriles is 1. The number of hydrogen-bond donors (Lipinski definition) is 0. The Morgan fingerprint density at radius 2 is 2.38 bits per heavy atom. The van der Waals surface area contributed by atoms with E-state index >= 15 is 0 Å². The number of anilines is 1. The first-order valence-corrected chi connectivity index (χ1v) is 5.09. The molecule has 2 unspecified atom stereocenters. The van der Waals surface area contributed by atoms with Crippen LogP contribution in [-0.2, 0) is 10.2 Å². The van der Waals surface area contributed by atoms with Gasteiger partial charge in [-0.05, 0) is 30.2 Å². The van der Waals surface area contributed by atoms with E-state index < -0.39 is 5.41 Å². The number of likely N-dealkylation sites (N-methyl/N-ethyl adjacent to an activating group) is 1. The van der Waals surface area contributed by atoms with Crippen LogP contribution < -0.4 is 4.90 Å². The second kappa shape index (κ2) is 2.62. The van der Waals surface area contributed by atoms with Crippen LogP contribution in [0.25, 0.3) is 0 Å². The normalized spacial score (nSPS) is 30.4. The summed E-state index contributed by atoms with van der Waals surface area (Å²) in [4.78, 5) is 13.6. The molecule has 1 fully saturated rings. The highest BCUT2D eigenvalue weighted by molar-refractivity contribution is 6.10. The maximum Gasteiger partial charge on any atom is 0.238 e. The number of hydrogen-bond acceptors (Lipinski definition) is 2. The number of halogens is 1. The lowest BCUT2D eigenvalue weighted by Crippen LogP contribution is -2.29. The Balaban J connectivity index is 2.23. The lowest BCUT2D eigenvalue weighted by molar-refractivity contribution is -0.120. The van der Waals surface area contributed by atoms with E-state index in [2.05, 4.69) is 6.07 Å². The van der Waals surface area contributed by atoms with Gasteiger partial charge in [-0.25, -0.2) is 4.39 Å². The molecule has 0 bridgehead atoms. The van der Waals surface area contributed by atoms with Crippen molar-refractivity contribution in [1.29, 1.82) is 5.26 Å². The topological polar surface area (TPSA) is 44.1 Å². The van der Waals surface area contributed by atoms with Crippen molar-refractivity contribution >= 4 is 11.6 Å². The van der Waals surface area contributed by atoms with Crippen molar-refractivity contribution in [3.63, 3.8) is 0 Å². The van der Waals surface area contributed by atoms with Gasteiger partial charge >= 0.3 is 0 Å². The SMILES string of the molecule is CN1C(=O)C2(CC2C#N)c2cc(F)ccc21. The van der Waals surface area contributed by atoms with Gasteiger partial charge in [0.1, 0.15) is 5.82 Å². The minimum atomic E-state index is -0.749. The van der Waals surface area contributed by atoms with Crippen LogP contribution in [0.15, 0.2) is 18.2 Å². The van der Waals surface area contributed by atoms with Crippen molar-refractivity contribution in [3.05, 3.63) is 29.6 Å². The van der Waals surface area contributed by atoms with Crippen molar-refractivity contribution in [2.45, 2.75) is 11.8 Å². The number of amides is 1. The van der Waals surface area contributed by atoms with E-state index in [1.807, 2.05) is 0 Å². The molecule has 80 valence electrons. The van der Waals surface area contributed by atoms with E-state index in [1.54, 1.807) is 13.1 Å². The molecule has 0 saturated heterocycles. The van der Waals surface area contributed by atoms with Gasteiger partial charge in [0.15, 0.2) is 0 Å². The van der Waals surface area contributed by atoms with E-state index in [9.17, 15) is 9.18 Å². The Labute approximate surface area is 92.1 Å². The van der Waals surface area contributed by atoms with Crippen LogP contribution in [0.4, 0.5) is 10.1 Å². The maximum atomic E-state index is 13.2. The van der Waals surface area contributed by atoms with Crippen LogP contribution in [0.5, 0.6) is 0 Å². The summed E-state index contributed by atoms with van der Waals surface area (Å²) in [5.41, 5.74) is 0.650. The van der Waals surface area contributed by atoms with Crippen LogP contribution in [0.3, 0.4) is 0 Å². The number of nitrogens with zero attached hydrogens (tertiary/aromatic N) is 2. The molecule has 2 atom stereocenters. The van der Waals surface area contributed by atoms with E-state index in [0.717, 1.165) is 5.69 Å². The Kier molecular flexibility index (Phi) is 1.53. The molecule has 2 aliphatic rings. The van der Waals surface area contributed by atoms with E-state index in [1.165, 1.54) is 17.0 Å². The van der Waals surface area contributed by atoms with Gasteiger partial charge in [0, 0.05) is 12.7 Å². The third kappa shape index (κ3) is 0.843. The summed E-state index contributed by atoms with van der Waals surface area (Å²) in [5, 5.41) is 8.92. The quantitative estimate of drug-likeness (QED) is 0.661. The Morgan fingerprint density at radius 3 is 3.00 bits per heavy atom. The highest BCUT2D eigenvalue weighted by Crippen LogP contribution is 2.61. The molecule has 1 aromatic carbocycles. The number of rotatable bonds is 0. The fourth-order valence-electron chi connectivity index (χ4n) is 2.63. The van der Waals surface area contributed by atoms with Crippen LogP contribution in [0.1, 0.15) is 12.0 Å². The molecule has 0 N–H and O–H groups in total. The van der Waals surface area contributed by atoms with E-state index in [-0.39, 0.29) is 17.6 Å². The average Bonchev–Trinajstić information content (AvgIpc) is 2.98. The molecular formula is C12H9FN2O. The smallest absolute Gasteiger partial charge is 0.238 e. The zero-order valence-corrected chi connectivity index (χ0v) is 8.70. The van der Waals surface area contributed by atoms with Crippen LogP contribution in [0, 0.1) is 23.1 Å². The summed E-state index contributed by atoms with van der Waals surface area (Å²) in [7, 11) is 1.67. The molecule has 1 aromatic rings. The summed E-state index contributed by atoms with van der Waals surface area (Å²) in [6, 6.07) is 6.44. The molecule has 1 aliphatic carbocycles. The van der Waals surface area contributed by atoms with Crippen LogP contribution in [0.2, 0.25) is 0 Å². The van der Waals surface area contributed by atoms with Gasteiger partial charge in [0.25, 0.3) is 0 Å². The molecule has 0 aromatic heterocycles. The Hall–Kier alpha value is -1.89. The van der Waals surface area contributed by atoms with Crippen molar-refractivity contribution in [1.82, 2.24) is 0 Å². The molecule has 1 aliphatic heterocycles. The van der Waals surface area contributed by atoms with Crippen molar-refractivity contribution in [3.8, 4) is 6.07 Å². The van der Waals surface area contributed by atoms with Crippen LogP contribution >= 0.6 is 0 Å². The first kappa shape index (κ1) is 9.34. The van der Waals surface area contributed by atoms with Gasteiger partial charge in [0.05, 0.1) is 17.4 Å². The van der Waals surface area contributed by atoms with Crippen molar-refractivity contribution in [2.24, 2.45) is 5.92 Å². The number of carbonyl (C=O) groups is 1. The lowest BCUT2D eigenvalue weighted by atomic mass is 9.95. The predicted octanol–water partition coefficient (Wildman–Crippen LogP) is 1.58. The summed E-state index contributed by atoms with van der Waals surface area (Å²) < 4.78 is 13.2. The summed E-state index contributed by atoms with van der Waals surface area (Å²) >= 11 is 0. The monoisotopic (exact) mass is 216 g/mol. The molecule has 16 heavy (non-hydrogen) atoms. The minimum Gasteiger partial charge on any atom is -0.314 e. The third-order valence-corrected chi connectivity index (χ3v) is 3.60. The van der Waals surface area contributed by atoms with Crippen molar-refractivity contribution in [2.75, 3.05) is 11.9 Å². The number of fused-ring (bicyclic) bond motifs is 2. The highest BCUT2D eigenvalue weighted by atomic mass is 19.1. The van der Waals surface area contributed by atoms with E-state index in [0.29, 0.717) is 12.0 Å². The number of benzene rings is 1. The summed E-state index contributed by atoms with van der Waals surface area (Å²) in [6.07, 6.45) is 0.517. The molecule has 1 saturated carbocycles. The number of carbonyl (C=O) groups excluding carboxylic acids is 1. The zero-order valence-electron chi connectivity index (χ0n) is 8.70. The molecule has 4 heteroatoms. The Morgan fingerprint density at radius 1 is 1.62 bits per heavy atom. The van der Waals surface area contributed by atoms with Gasteiger partial charge in [-0.1, -0.05) is 0 Å². The molecule has 1 spiro atoms. The van der Waals surface area contributed by atoms with Crippen LogP contribution in [-0.4, -0.2) is 13.0 Å². The molecule has 1 amide bonds. The predicted molar refractivity (Wildman–Crippen MR) is 55.2 cm³/mol. The summed E-state index contributed by atoms with van der Waals surface area (Å²) in [6.45, 7) is 0. The fourth-order valence-corrected chi connectivity index (χ4v) is 2.63. The van der Waals surface area contributed by atoms with Crippen molar-refractivity contribution < 1.29 is 9.18 Å². The van der Waals surface area contributed by atoms with Gasteiger partial charge in [0.2, 0.25) is 5.91 Å². The third-order valence-electron chi connectivity index (χ3n) is 3.60. The molecule has 3 rings (SSSR count). The summed E-state index contributed by atoms with van der Waals surface area (Å²) in [5.74, 6) is -0.741. The average molecular weight is 216 g/mol. The minimum absolute atomic E-state index is 0.0837. The molecule has 3 nitrogen and oxygen atoms in total. The largest absolute Gasteiger partial charge is 0.314 e. The first-order valence-electron chi connectivity index (χ1n) is 5.09. The highest BCUT2D eigenvalue weighted by Gasteiger charge is 2.67. The van der Waals surface area contributed by atoms with Gasteiger partial charge in [-0.2, -0.15) is 5.26 Å².